The molecule has 1 N–H and O–H groups in total. The minimum Gasteiger partial charge on any atom is -0.381 e. The molecule has 0 aliphatic carbocycles. The van der Waals surface area contributed by atoms with Crippen molar-refractivity contribution in [2.45, 2.75) is 43.3 Å². The number of nitrogens with one attached hydrogen (secondary N) is 1. The molecule has 152 valence electrons. The van der Waals surface area contributed by atoms with Crippen molar-refractivity contribution >= 4 is 41.7 Å². The summed E-state index contributed by atoms with van der Waals surface area (Å²) in [5.74, 6) is 1.90. The van der Waals surface area contributed by atoms with Crippen molar-refractivity contribution in [3.05, 3.63) is 0 Å². The molecule has 3 aliphatic rings. The zero-order valence-electron chi connectivity index (χ0n) is 16.5. The van der Waals surface area contributed by atoms with E-state index in [1.807, 2.05) is 18.8 Å². The van der Waals surface area contributed by atoms with E-state index >= 15 is 0 Å². The number of aliphatic imine (C=N–C) groups is 1. The second kappa shape index (κ2) is 11.3. The molecule has 0 aromatic heterocycles. The van der Waals surface area contributed by atoms with Gasteiger partial charge in [-0.2, -0.15) is 11.8 Å². The lowest BCUT2D eigenvalue weighted by molar-refractivity contribution is 0.0781. The SMILES string of the molecule is CN=C(NCC1(SC)CCOCC1)N1CCC(CN2CCCCC2)C1.I. The summed E-state index contributed by atoms with van der Waals surface area (Å²) < 4.78 is 5.87. The first kappa shape index (κ1) is 22.6. The maximum Gasteiger partial charge on any atom is 0.193 e. The van der Waals surface area contributed by atoms with Crippen LogP contribution in [0, 0.1) is 5.92 Å². The van der Waals surface area contributed by atoms with E-state index < -0.39 is 0 Å². The first-order valence-corrected chi connectivity index (χ1v) is 11.3. The van der Waals surface area contributed by atoms with Gasteiger partial charge in [-0.1, -0.05) is 6.42 Å². The summed E-state index contributed by atoms with van der Waals surface area (Å²) in [4.78, 5) is 9.73. The second-order valence-corrected chi connectivity index (χ2v) is 9.14. The number of rotatable bonds is 5. The van der Waals surface area contributed by atoms with Gasteiger partial charge >= 0.3 is 0 Å². The van der Waals surface area contributed by atoms with E-state index in [4.69, 9.17) is 4.74 Å². The van der Waals surface area contributed by atoms with Crippen molar-refractivity contribution in [3.8, 4) is 0 Å². The van der Waals surface area contributed by atoms with Crippen molar-refractivity contribution in [1.82, 2.24) is 15.1 Å². The van der Waals surface area contributed by atoms with Gasteiger partial charge in [0.15, 0.2) is 5.96 Å². The van der Waals surface area contributed by atoms with Crippen LogP contribution < -0.4 is 5.32 Å². The van der Waals surface area contributed by atoms with Gasteiger partial charge in [0.25, 0.3) is 0 Å². The Balaban J connectivity index is 0.00000243. The average Bonchev–Trinajstić information content (AvgIpc) is 3.12. The number of likely N-dealkylation sites (tertiary alicyclic amines) is 2. The fraction of sp³-hybridized carbons (Fsp3) is 0.947. The van der Waals surface area contributed by atoms with E-state index in [0.717, 1.165) is 57.6 Å². The molecule has 3 aliphatic heterocycles. The highest BCUT2D eigenvalue weighted by molar-refractivity contribution is 14.0. The van der Waals surface area contributed by atoms with Crippen LogP contribution in [0.25, 0.3) is 0 Å². The smallest absolute Gasteiger partial charge is 0.193 e. The molecule has 7 heteroatoms. The molecular formula is C19H37IN4OS. The fourth-order valence-electron chi connectivity index (χ4n) is 4.45. The summed E-state index contributed by atoms with van der Waals surface area (Å²) in [6.07, 6.45) is 10.0. The van der Waals surface area contributed by atoms with Gasteiger partial charge in [-0.05, 0) is 57.4 Å². The molecule has 3 fully saturated rings. The summed E-state index contributed by atoms with van der Waals surface area (Å²) in [6, 6.07) is 0. The molecule has 1 unspecified atom stereocenters. The molecule has 5 nitrogen and oxygen atoms in total. The van der Waals surface area contributed by atoms with Crippen molar-refractivity contribution < 1.29 is 4.74 Å². The van der Waals surface area contributed by atoms with Crippen molar-refractivity contribution in [2.75, 3.05) is 65.8 Å². The molecule has 0 bridgehead atoms. The lowest BCUT2D eigenvalue weighted by atomic mass is 9.99. The van der Waals surface area contributed by atoms with Crippen LogP contribution in [-0.4, -0.2) is 86.3 Å². The van der Waals surface area contributed by atoms with E-state index in [2.05, 4.69) is 26.4 Å². The minimum atomic E-state index is 0. The molecule has 0 radical (unpaired) electrons. The number of thioether (sulfide) groups is 1. The molecule has 3 rings (SSSR count). The monoisotopic (exact) mass is 496 g/mol. The van der Waals surface area contributed by atoms with Crippen LogP contribution in [0.2, 0.25) is 0 Å². The summed E-state index contributed by atoms with van der Waals surface area (Å²) in [7, 11) is 1.93. The van der Waals surface area contributed by atoms with Gasteiger partial charge in [-0.25, -0.2) is 0 Å². The molecule has 0 spiro atoms. The molecule has 26 heavy (non-hydrogen) atoms. The Morgan fingerprint density at radius 2 is 1.92 bits per heavy atom. The molecule has 0 aromatic carbocycles. The second-order valence-electron chi connectivity index (χ2n) is 7.86. The normalized spacial score (nSPS) is 27.2. The predicted octanol–water partition coefficient (Wildman–Crippen LogP) is 2.90. The Hall–Kier alpha value is 0.270. The lowest BCUT2D eigenvalue weighted by Gasteiger charge is -2.37. The number of guanidine groups is 1. The molecule has 1 atom stereocenters. The van der Waals surface area contributed by atoms with Gasteiger partial charge in [0.1, 0.15) is 0 Å². The quantitative estimate of drug-likeness (QED) is 0.360. The van der Waals surface area contributed by atoms with Gasteiger partial charge in [-0.15, -0.1) is 24.0 Å². The van der Waals surface area contributed by atoms with Crippen LogP contribution in [0.4, 0.5) is 0 Å². The first-order valence-electron chi connectivity index (χ1n) is 10.1. The van der Waals surface area contributed by atoms with Crippen molar-refractivity contribution in [1.29, 1.82) is 0 Å². The molecular weight excluding hydrogens is 459 g/mol. The predicted molar refractivity (Wildman–Crippen MR) is 123 cm³/mol. The van der Waals surface area contributed by atoms with Gasteiger partial charge in [0.05, 0.1) is 0 Å². The molecule has 0 amide bonds. The number of hydrogen-bond donors (Lipinski definition) is 1. The lowest BCUT2D eigenvalue weighted by Crippen LogP contribution is -2.49. The Labute approximate surface area is 181 Å². The standard InChI is InChI=1S/C19H36N4OS.HI/c1-20-18(21-16-19(25-2)7-12-24-13-8-19)23-11-6-17(15-23)14-22-9-4-3-5-10-22;/h17H,3-16H2,1-2H3,(H,20,21);1H. The largest absolute Gasteiger partial charge is 0.381 e. The van der Waals surface area contributed by atoms with E-state index in [1.165, 1.54) is 45.3 Å². The summed E-state index contributed by atoms with van der Waals surface area (Å²) in [5, 5.41) is 3.68. The Morgan fingerprint density at radius 1 is 1.19 bits per heavy atom. The van der Waals surface area contributed by atoms with Crippen LogP contribution in [0.15, 0.2) is 4.99 Å². The van der Waals surface area contributed by atoms with Crippen LogP contribution in [0.1, 0.15) is 38.5 Å². The van der Waals surface area contributed by atoms with Gasteiger partial charge in [0, 0.05) is 51.2 Å². The summed E-state index contributed by atoms with van der Waals surface area (Å²) in [6.45, 7) is 8.98. The number of ether oxygens (including phenoxy) is 1. The first-order chi connectivity index (χ1) is 12.2. The van der Waals surface area contributed by atoms with Crippen molar-refractivity contribution in [3.63, 3.8) is 0 Å². The van der Waals surface area contributed by atoms with Crippen LogP contribution >= 0.6 is 35.7 Å². The van der Waals surface area contributed by atoms with E-state index in [0.29, 0.717) is 4.75 Å². The Morgan fingerprint density at radius 3 is 2.58 bits per heavy atom. The molecule has 0 aromatic rings. The Kier molecular flexibility index (Phi) is 9.82. The van der Waals surface area contributed by atoms with Crippen LogP contribution in [-0.2, 0) is 4.74 Å². The zero-order valence-corrected chi connectivity index (χ0v) is 19.7. The number of piperidine rings is 1. The molecule has 3 saturated heterocycles. The van der Waals surface area contributed by atoms with Gasteiger partial charge < -0.3 is 19.9 Å². The third-order valence-corrected chi connectivity index (χ3v) is 7.59. The highest BCUT2D eigenvalue weighted by Gasteiger charge is 2.33. The Bertz CT molecular complexity index is 439. The van der Waals surface area contributed by atoms with Gasteiger partial charge in [0.2, 0.25) is 0 Å². The maximum absolute atomic E-state index is 5.56. The summed E-state index contributed by atoms with van der Waals surface area (Å²) >= 11 is 1.99. The van der Waals surface area contributed by atoms with Gasteiger partial charge in [-0.3, -0.25) is 4.99 Å². The third kappa shape index (κ3) is 6.14. The highest BCUT2D eigenvalue weighted by atomic mass is 127. The van der Waals surface area contributed by atoms with E-state index in [9.17, 15) is 0 Å². The number of nitrogens with zero attached hydrogens (tertiary/aromatic N) is 3. The van der Waals surface area contributed by atoms with Crippen molar-refractivity contribution in [2.24, 2.45) is 10.9 Å². The molecule has 3 heterocycles. The number of hydrogen-bond acceptors (Lipinski definition) is 4. The minimum absolute atomic E-state index is 0. The molecule has 0 saturated carbocycles. The topological polar surface area (TPSA) is 40.1 Å². The van der Waals surface area contributed by atoms with Crippen LogP contribution in [0.3, 0.4) is 0 Å². The highest BCUT2D eigenvalue weighted by Crippen LogP contribution is 2.33. The third-order valence-electron chi connectivity index (χ3n) is 6.17. The average molecular weight is 497 g/mol. The fourth-order valence-corrected chi connectivity index (χ4v) is 5.24. The van der Waals surface area contributed by atoms with Crippen LogP contribution in [0.5, 0.6) is 0 Å². The zero-order chi connectivity index (χ0) is 17.5. The number of halogens is 1. The van der Waals surface area contributed by atoms with E-state index in [-0.39, 0.29) is 24.0 Å². The van der Waals surface area contributed by atoms with E-state index in [1.54, 1.807) is 0 Å². The summed E-state index contributed by atoms with van der Waals surface area (Å²) in [5.41, 5.74) is 0. The maximum atomic E-state index is 5.56.